The Morgan fingerprint density at radius 3 is 2.44 bits per heavy atom. The molecule has 0 aliphatic heterocycles. The van der Waals surface area contributed by atoms with Crippen molar-refractivity contribution in [2.75, 3.05) is 0 Å². The zero-order valence-electron chi connectivity index (χ0n) is 9.77. The van der Waals surface area contributed by atoms with Crippen molar-refractivity contribution < 1.29 is 4.74 Å². The van der Waals surface area contributed by atoms with Crippen molar-refractivity contribution in [2.24, 2.45) is 0 Å². The molecule has 0 bridgehead atoms. The fourth-order valence-electron chi connectivity index (χ4n) is 2.32. The topological polar surface area (TPSA) is 9.23 Å². The maximum atomic E-state index is 6.11. The first-order valence-electron chi connectivity index (χ1n) is 6.23. The Hall–Kier alpha value is -1.08. The van der Waals surface area contributed by atoms with Crippen molar-refractivity contribution in [3.63, 3.8) is 0 Å². The third-order valence-electron chi connectivity index (χ3n) is 3.23. The van der Waals surface area contributed by atoms with Gasteiger partial charge in [-0.05, 0) is 18.4 Å². The Kier molecular flexibility index (Phi) is 4.17. The highest BCUT2D eigenvalue weighted by molar-refractivity contribution is 5.20. The summed E-state index contributed by atoms with van der Waals surface area (Å²) >= 11 is 0. The van der Waals surface area contributed by atoms with E-state index in [1.54, 1.807) is 0 Å². The first-order chi connectivity index (χ1) is 7.90. The SMILES string of the molecule is C=CC(OC1CCCCC1)c1ccccc1. The maximum Gasteiger partial charge on any atom is 0.101 e. The zero-order valence-corrected chi connectivity index (χ0v) is 9.77. The van der Waals surface area contributed by atoms with Crippen LogP contribution < -0.4 is 0 Å². The molecule has 86 valence electrons. The molecule has 0 aromatic heterocycles. The van der Waals surface area contributed by atoms with Gasteiger partial charge in [0.25, 0.3) is 0 Å². The highest BCUT2D eigenvalue weighted by Crippen LogP contribution is 2.27. The minimum atomic E-state index is 0.0595. The quantitative estimate of drug-likeness (QED) is 0.683. The molecule has 16 heavy (non-hydrogen) atoms. The maximum absolute atomic E-state index is 6.11. The van der Waals surface area contributed by atoms with Gasteiger partial charge >= 0.3 is 0 Å². The lowest BCUT2D eigenvalue weighted by Gasteiger charge is -2.26. The lowest BCUT2D eigenvalue weighted by atomic mass is 9.97. The van der Waals surface area contributed by atoms with E-state index in [4.69, 9.17) is 4.74 Å². The van der Waals surface area contributed by atoms with Gasteiger partial charge in [-0.25, -0.2) is 0 Å². The van der Waals surface area contributed by atoms with E-state index in [2.05, 4.69) is 30.8 Å². The van der Waals surface area contributed by atoms with E-state index in [9.17, 15) is 0 Å². The Labute approximate surface area is 98.1 Å². The summed E-state index contributed by atoms with van der Waals surface area (Å²) in [5, 5.41) is 0. The zero-order chi connectivity index (χ0) is 11.2. The average Bonchev–Trinajstić information content (AvgIpc) is 2.38. The summed E-state index contributed by atoms with van der Waals surface area (Å²) in [5.41, 5.74) is 1.21. The van der Waals surface area contributed by atoms with Crippen LogP contribution in [-0.4, -0.2) is 6.10 Å². The number of rotatable bonds is 4. The van der Waals surface area contributed by atoms with E-state index in [-0.39, 0.29) is 6.10 Å². The second-order valence-electron chi connectivity index (χ2n) is 4.46. The van der Waals surface area contributed by atoms with E-state index in [0.29, 0.717) is 6.10 Å². The van der Waals surface area contributed by atoms with Crippen molar-refractivity contribution in [3.05, 3.63) is 48.6 Å². The van der Waals surface area contributed by atoms with Gasteiger partial charge in [0.2, 0.25) is 0 Å². The molecule has 1 nitrogen and oxygen atoms in total. The van der Waals surface area contributed by atoms with E-state index < -0.39 is 0 Å². The van der Waals surface area contributed by atoms with Crippen LogP contribution in [0.15, 0.2) is 43.0 Å². The molecule has 2 rings (SSSR count). The molecule has 0 radical (unpaired) electrons. The molecule has 0 spiro atoms. The van der Waals surface area contributed by atoms with Gasteiger partial charge < -0.3 is 4.74 Å². The Morgan fingerprint density at radius 2 is 1.81 bits per heavy atom. The standard InChI is InChI=1S/C15H20O/c1-2-15(13-9-5-3-6-10-13)16-14-11-7-4-8-12-14/h2-3,5-6,9-10,14-15H,1,4,7-8,11-12H2. The third-order valence-corrected chi connectivity index (χ3v) is 3.23. The summed E-state index contributed by atoms with van der Waals surface area (Å²) in [6, 6.07) is 10.3. The summed E-state index contributed by atoms with van der Waals surface area (Å²) in [5.74, 6) is 0. The van der Waals surface area contributed by atoms with Gasteiger partial charge in [-0.3, -0.25) is 0 Å². The molecule has 0 N–H and O–H groups in total. The molecule has 1 heteroatoms. The van der Waals surface area contributed by atoms with Crippen LogP contribution in [0.4, 0.5) is 0 Å². The molecular formula is C15H20O. The molecule has 1 aromatic rings. The monoisotopic (exact) mass is 216 g/mol. The van der Waals surface area contributed by atoms with Crippen LogP contribution in [0, 0.1) is 0 Å². The van der Waals surface area contributed by atoms with Gasteiger partial charge in [-0.1, -0.05) is 55.7 Å². The van der Waals surface area contributed by atoms with Gasteiger partial charge in [0.1, 0.15) is 6.10 Å². The lowest BCUT2D eigenvalue weighted by Crippen LogP contribution is -2.18. The fraction of sp³-hybridized carbons (Fsp3) is 0.467. The Balaban J connectivity index is 1.97. The van der Waals surface area contributed by atoms with E-state index in [0.717, 1.165) is 0 Å². The number of ether oxygens (including phenoxy) is 1. The van der Waals surface area contributed by atoms with Crippen LogP contribution in [0.1, 0.15) is 43.8 Å². The summed E-state index contributed by atoms with van der Waals surface area (Å²) in [6.45, 7) is 3.88. The van der Waals surface area contributed by atoms with Gasteiger partial charge in [0, 0.05) is 0 Å². The summed E-state index contributed by atoms with van der Waals surface area (Å²) in [7, 11) is 0. The van der Waals surface area contributed by atoms with Crippen molar-refractivity contribution in [3.8, 4) is 0 Å². The van der Waals surface area contributed by atoms with E-state index >= 15 is 0 Å². The molecule has 1 aliphatic rings. The van der Waals surface area contributed by atoms with E-state index in [1.807, 2.05) is 12.1 Å². The predicted molar refractivity (Wildman–Crippen MR) is 67.3 cm³/mol. The number of benzene rings is 1. The van der Waals surface area contributed by atoms with Crippen LogP contribution in [0.5, 0.6) is 0 Å². The third kappa shape index (κ3) is 2.96. The van der Waals surface area contributed by atoms with Crippen LogP contribution >= 0.6 is 0 Å². The minimum absolute atomic E-state index is 0.0595. The van der Waals surface area contributed by atoms with Crippen LogP contribution in [0.3, 0.4) is 0 Å². The van der Waals surface area contributed by atoms with Crippen molar-refractivity contribution in [1.82, 2.24) is 0 Å². The lowest BCUT2D eigenvalue weighted by molar-refractivity contribution is -0.00813. The molecule has 1 aromatic carbocycles. The normalized spacial score (nSPS) is 19.2. The highest BCUT2D eigenvalue weighted by Gasteiger charge is 2.18. The summed E-state index contributed by atoms with van der Waals surface area (Å²) in [4.78, 5) is 0. The predicted octanol–water partition coefficient (Wildman–Crippen LogP) is 4.26. The van der Waals surface area contributed by atoms with Gasteiger partial charge in [-0.15, -0.1) is 6.58 Å². The summed E-state index contributed by atoms with van der Waals surface area (Å²) < 4.78 is 6.11. The van der Waals surface area contributed by atoms with Crippen molar-refractivity contribution >= 4 is 0 Å². The molecule has 1 aliphatic carbocycles. The summed E-state index contributed by atoms with van der Waals surface area (Å²) in [6.07, 6.45) is 8.79. The molecule has 1 unspecified atom stereocenters. The van der Waals surface area contributed by atoms with Gasteiger partial charge in [-0.2, -0.15) is 0 Å². The van der Waals surface area contributed by atoms with Crippen molar-refractivity contribution in [2.45, 2.75) is 44.3 Å². The van der Waals surface area contributed by atoms with Crippen LogP contribution in [0.2, 0.25) is 0 Å². The highest BCUT2D eigenvalue weighted by atomic mass is 16.5. The second kappa shape index (κ2) is 5.86. The first-order valence-corrected chi connectivity index (χ1v) is 6.23. The largest absolute Gasteiger partial charge is 0.366 e. The molecule has 1 fully saturated rings. The van der Waals surface area contributed by atoms with E-state index in [1.165, 1.54) is 37.7 Å². The van der Waals surface area contributed by atoms with Gasteiger partial charge in [0.15, 0.2) is 0 Å². The average molecular weight is 216 g/mol. The smallest absolute Gasteiger partial charge is 0.101 e. The molecule has 1 atom stereocenters. The van der Waals surface area contributed by atoms with Crippen LogP contribution in [-0.2, 0) is 4.74 Å². The molecule has 1 saturated carbocycles. The van der Waals surface area contributed by atoms with Crippen LogP contribution in [0.25, 0.3) is 0 Å². The Morgan fingerprint density at radius 1 is 1.12 bits per heavy atom. The molecule has 0 heterocycles. The second-order valence-corrected chi connectivity index (χ2v) is 4.46. The number of hydrogen-bond acceptors (Lipinski definition) is 1. The molecular weight excluding hydrogens is 196 g/mol. The first kappa shape index (κ1) is 11.4. The number of hydrogen-bond donors (Lipinski definition) is 0. The minimum Gasteiger partial charge on any atom is -0.366 e. The molecule has 0 saturated heterocycles. The Bertz CT molecular complexity index is 311. The fourth-order valence-corrected chi connectivity index (χ4v) is 2.32. The molecule has 0 amide bonds. The van der Waals surface area contributed by atoms with Gasteiger partial charge in [0.05, 0.1) is 6.10 Å². The van der Waals surface area contributed by atoms with Crippen molar-refractivity contribution in [1.29, 1.82) is 0 Å².